The molecule has 178 valence electrons. The number of carbonyl (C=O) groups is 1. The van der Waals surface area contributed by atoms with Crippen molar-refractivity contribution in [3.8, 4) is 5.75 Å². The minimum atomic E-state index is -3.52. The minimum absolute atomic E-state index is 0.266. The van der Waals surface area contributed by atoms with Gasteiger partial charge in [0, 0.05) is 57.4 Å². The summed E-state index contributed by atoms with van der Waals surface area (Å²) in [7, 11) is -3.52. The number of fused-ring (bicyclic) bond motifs is 1. The van der Waals surface area contributed by atoms with E-state index in [2.05, 4.69) is 21.9 Å². The standard InChI is InChI=1S/C25H33N3O4S/c1-33(30,31)32-24-11-7-10-23(18-24)27-16-14-26(15-17-27)13-6-2-3-12-25(29)28-19-21-8-4-5-9-22(21)20-28/h4-5,7-11,18H,2-3,6,12-17,19-20H2,1H3. The van der Waals surface area contributed by atoms with E-state index in [0.717, 1.165) is 77.0 Å². The second-order valence-electron chi connectivity index (χ2n) is 8.94. The number of anilines is 1. The molecule has 0 radical (unpaired) electrons. The predicted molar refractivity (Wildman–Crippen MR) is 130 cm³/mol. The summed E-state index contributed by atoms with van der Waals surface area (Å²) in [6.45, 7) is 6.30. The summed E-state index contributed by atoms with van der Waals surface area (Å²) in [5.41, 5.74) is 3.54. The van der Waals surface area contributed by atoms with Crippen molar-refractivity contribution in [3.05, 3.63) is 59.7 Å². The Kier molecular flexibility index (Phi) is 7.55. The average molecular weight is 472 g/mol. The van der Waals surface area contributed by atoms with Crippen LogP contribution in [-0.4, -0.2) is 63.1 Å². The number of piperazine rings is 1. The third-order valence-corrected chi connectivity index (χ3v) is 6.86. The zero-order chi connectivity index (χ0) is 23.3. The Bertz CT molecular complexity index is 1040. The van der Waals surface area contributed by atoms with Gasteiger partial charge in [0.15, 0.2) is 0 Å². The van der Waals surface area contributed by atoms with Crippen molar-refractivity contribution in [2.75, 3.05) is 43.9 Å². The lowest BCUT2D eigenvalue weighted by Gasteiger charge is -2.36. The topological polar surface area (TPSA) is 70.2 Å². The van der Waals surface area contributed by atoms with Crippen molar-refractivity contribution in [1.82, 2.24) is 9.80 Å². The molecule has 2 heterocycles. The molecule has 1 amide bonds. The van der Waals surface area contributed by atoms with Crippen LogP contribution in [0, 0.1) is 0 Å². The fourth-order valence-corrected chi connectivity index (χ4v) is 5.05. The summed E-state index contributed by atoms with van der Waals surface area (Å²) in [5, 5.41) is 0. The maximum absolute atomic E-state index is 12.5. The van der Waals surface area contributed by atoms with Gasteiger partial charge in [-0.25, -0.2) is 0 Å². The molecule has 33 heavy (non-hydrogen) atoms. The highest BCUT2D eigenvalue weighted by molar-refractivity contribution is 7.86. The van der Waals surface area contributed by atoms with Gasteiger partial charge in [0.1, 0.15) is 5.75 Å². The molecule has 0 spiro atoms. The molecule has 2 aliphatic heterocycles. The summed E-state index contributed by atoms with van der Waals surface area (Å²) in [4.78, 5) is 19.2. The molecule has 1 fully saturated rings. The van der Waals surface area contributed by atoms with E-state index in [1.54, 1.807) is 12.1 Å². The predicted octanol–water partition coefficient (Wildman–Crippen LogP) is 3.25. The van der Waals surface area contributed by atoms with Crippen LogP contribution in [0.4, 0.5) is 5.69 Å². The van der Waals surface area contributed by atoms with Crippen LogP contribution in [0.5, 0.6) is 5.75 Å². The van der Waals surface area contributed by atoms with Gasteiger partial charge in [-0.2, -0.15) is 8.42 Å². The van der Waals surface area contributed by atoms with Crippen LogP contribution in [0.2, 0.25) is 0 Å². The minimum Gasteiger partial charge on any atom is -0.383 e. The zero-order valence-electron chi connectivity index (χ0n) is 19.3. The fraction of sp³-hybridized carbons (Fsp3) is 0.480. The van der Waals surface area contributed by atoms with Gasteiger partial charge in [0.05, 0.1) is 6.26 Å². The van der Waals surface area contributed by atoms with E-state index < -0.39 is 10.1 Å². The van der Waals surface area contributed by atoms with Crippen molar-refractivity contribution in [1.29, 1.82) is 0 Å². The molecule has 1 saturated heterocycles. The molecule has 2 aliphatic rings. The first-order valence-corrected chi connectivity index (χ1v) is 13.5. The Morgan fingerprint density at radius 3 is 2.27 bits per heavy atom. The van der Waals surface area contributed by atoms with Crippen molar-refractivity contribution in [2.45, 2.75) is 38.8 Å². The third-order valence-electron chi connectivity index (χ3n) is 6.36. The van der Waals surface area contributed by atoms with Gasteiger partial charge in [0.25, 0.3) is 0 Å². The number of nitrogens with zero attached hydrogens (tertiary/aromatic N) is 3. The third kappa shape index (κ3) is 6.71. The Balaban J connectivity index is 1.12. The Hall–Kier alpha value is -2.58. The van der Waals surface area contributed by atoms with E-state index in [9.17, 15) is 13.2 Å². The highest BCUT2D eigenvalue weighted by atomic mass is 32.2. The summed E-state index contributed by atoms with van der Waals surface area (Å²) >= 11 is 0. The molecular weight excluding hydrogens is 438 g/mol. The number of hydrogen-bond acceptors (Lipinski definition) is 6. The van der Waals surface area contributed by atoms with E-state index in [-0.39, 0.29) is 5.91 Å². The number of unbranched alkanes of at least 4 members (excludes halogenated alkanes) is 2. The van der Waals surface area contributed by atoms with Crippen molar-refractivity contribution in [2.24, 2.45) is 0 Å². The molecule has 0 bridgehead atoms. The Morgan fingerprint density at radius 2 is 1.61 bits per heavy atom. The van der Waals surface area contributed by atoms with E-state index in [0.29, 0.717) is 12.2 Å². The van der Waals surface area contributed by atoms with E-state index in [1.807, 2.05) is 29.2 Å². The fourth-order valence-electron chi connectivity index (χ4n) is 4.59. The molecule has 0 N–H and O–H groups in total. The lowest BCUT2D eigenvalue weighted by atomic mass is 10.1. The molecule has 0 aliphatic carbocycles. The molecule has 2 aromatic carbocycles. The number of benzene rings is 2. The molecule has 0 atom stereocenters. The lowest BCUT2D eigenvalue weighted by molar-refractivity contribution is -0.131. The smallest absolute Gasteiger partial charge is 0.306 e. The van der Waals surface area contributed by atoms with Crippen LogP contribution in [0.1, 0.15) is 36.8 Å². The summed E-state index contributed by atoms with van der Waals surface area (Å²) < 4.78 is 27.7. The van der Waals surface area contributed by atoms with Crippen molar-refractivity contribution in [3.63, 3.8) is 0 Å². The van der Waals surface area contributed by atoms with Gasteiger partial charge >= 0.3 is 10.1 Å². The van der Waals surface area contributed by atoms with Crippen LogP contribution >= 0.6 is 0 Å². The molecule has 4 rings (SSSR count). The normalized spacial score (nSPS) is 16.6. The SMILES string of the molecule is CS(=O)(=O)Oc1cccc(N2CCN(CCCCCC(=O)N3Cc4ccccc4C3)CC2)c1. The summed E-state index contributed by atoms with van der Waals surface area (Å²) in [6, 6.07) is 15.6. The van der Waals surface area contributed by atoms with E-state index in [1.165, 1.54) is 11.1 Å². The van der Waals surface area contributed by atoms with Gasteiger partial charge in [-0.05, 0) is 42.6 Å². The molecular formula is C25H33N3O4S. The molecule has 2 aromatic rings. The van der Waals surface area contributed by atoms with E-state index >= 15 is 0 Å². The number of rotatable bonds is 9. The van der Waals surface area contributed by atoms with Crippen LogP contribution in [0.25, 0.3) is 0 Å². The van der Waals surface area contributed by atoms with Crippen molar-refractivity contribution < 1.29 is 17.4 Å². The van der Waals surface area contributed by atoms with E-state index in [4.69, 9.17) is 4.18 Å². The molecule has 0 saturated carbocycles. The number of amides is 1. The zero-order valence-corrected chi connectivity index (χ0v) is 20.1. The second kappa shape index (κ2) is 10.6. The van der Waals surface area contributed by atoms with Gasteiger partial charge in [-0.3, -0.25) is 9.69 Å². The Labute approximate surface area is 197 Å². The first kappa shape index (κ1) is 23.6. The maximum atomic E-state index is 12.5. The van der Waals surface area contributed by atoms with Gasteiger partial charge < -0.3 is 14.0 Å². The van der Waals surface area contributed by atoms with Crippen LogP contribution < -0.4 is 9.08 Å². The largest absolute Gasteiger partial charge is 0.383 e. The second-order valence-corrected chi connectivity index (χ2v) is 10.5. The summed E-state index contributed by atoms with van der Waals surface area (Å²) in [5.74, 6) is 0.617. The monoisotopic (exact) mass is 471 g/mol. The highest BCUT2D eigenvalue weighted by Crippen LogP contribution is 2.24. The highest BCUT2D eigenvalue weighted by Gasteiger charge is 2.22. The number of carbonyl (C=O) groups excluding carboxylic acids is 1. The van der Waals surface area contributed by atoms with Gasteiger partial charge in [0.2, 0.25) is 5.91 Å². The summed E-state index contributed by atoms with van der Waals surface area (Å²) in [6.07, 6.45) is 4.80. The molecule has 0 unspecified atom stereocenters. The maximum Gasteiger partial charge on any atom is 0.306 e. The van der Waals surface area contributed by atoms with Gasteiger partial charge in [-0.15, -0.1) is 0 Å². The quantitative estimate of drug-likeness (QED) is 0.413. The number of hydrogen-bond donors (Lipinski definition) is 0. The molecule has 7 nitrogen and oxygen atoms in total. The first-order chi connectivity index (χ1) is 15.9. The first-order valence-electron chi connectivity index (χ1n) is 11.7. The van der Waals surface area contributed by atoms with Crippen LogP contribution in [-0.2, 0) is 28.0 Å². The van der Waals surface area contributed by atoms with Crippen LogP contribution in [0.3, 0.4) is 0 Å². The van der Waals surface area contributed by atoms with Gasteiger partial charge in [-0.1, -0.05) is 36.8 Å². The van der Waals surface area contributed by atoms with Crippen LogP contribution in [0.15, 0.2) is 48.5 Å². The molecule has 8 heteroatoms. The lowest BCUT2D eigenvalue weighted by Crippen LogP contribution is -2.46. The van der Waals surface area contributed by atoms with Crippen molar-refractivity contribution >= 4 is 21.7 Å². The molecule has 0 aromatic heterocycles. The average Bonchev–Trinajstić information content (AvgIpc) is 3.23. The Morgan fingerprint density at radius 1 is 0.909 bits per heavy atom.